The van der Waals surface area contributed by atoms with Crippen molar-refractivity contribution in [2.45, 2.75) is 28.9 Å². The molecule has 1 saturated heterocycles. The van der Waals surface area contributed by atoms with Crippen LogP contribution in [0.1, 0.15) is 23.2 Å². The summed E-state index contributed by atoms with van der Waals surface area (Å²) in [6.45, 7) is 1.82. The van der Waals surface area contributed by atoms with Crippen LogP contribution in [-0.2, 0) is 14.3 Å². The first-order valence-electron chi connectivity index (χ1n) is 9.77. The lowest BCUT2D eigenvalue weighted by molar-refractivity contribution is -0.124. The number of carbonyl (C=O) groups excluding carboxylic acids is 2. The molecule has 1 fully saturated rings. The highest BCUT2D eigenvalue weighted by Crippen LogP contribution is 2.37. The van der Waals surface area contributed by atoms with Crippen LogP contribution in [0.3, 0.4) is 0 Å². The molecule has 3 heterocycles. The van der Waals surface area contributed by atoms with Crippen molar-refractivity contribution < 1.29 is 28.5 Å². The molecule has 1 aromatic heterocycles. The van der Waals surface area contributed by atoms with Crippen molar-refractivity contribution in [2.75, 3.05) is 33.0 Å². The second-order valence-corrected chi connectivity index (χ2v) is 7.84. The predicted molar refractivity (Wildman–Crippen MR) is 108 cm³/mol. The van der Waals surface area contributed by atoms with Gasteiger partial charge in [-0.1, -0.05) is 11.8 Å². The number of esters is 1. The van der Waals surface area contributed by atoms with Crippen LogP contribution in [0.2, 0.25) is 0 Å². The summed E-state index contributed by atoms with van der Waals surface area (Å²) < 4.78 is 21.8. The molecule has 8 nitrogen and oxygen atoms in total. The minimum atomic E-state index is -0.601. The Morgan fingerprint density at radius 1 is 1.17 bits per heavy atom. The van der Waals surface area contributed by atoms with Gasteiger partial charge in [-0.2, -0.15) is 0 Å². The monoisotopic (exact) mass is 430 g/mol. The fraction of sp³-hybridized carbons (Fsp3) is 0.381. The summed E-state index contributed by atoms with van der Waals surface area (Å²) in [7, 11) is 0. The molecular formula is C21H22N2O6S. The van der Waals surface area contributed by atoms with Gasteiger partial charge in [0.2, 0.25) is 0 Å². The van der Waals surface area contributed by atoms with E-state index in [4.69, 9.17) is 18.9 Å². The molecule has 4 rings (SSSR count). The third-order valence-electron chi connectivity index (χ3n) is 4.60. The van der Waals surface area contributed by atoms with E-state index in [-0.39, 0.29) is 18.6 Å². The lowest BCUT2D eigenvalue weighted by Crippen LogP contribution is -2.34. The molecule has 2 aliphatic rings. The summed E-state index contributed by atoms with van der Waals surface area (Å²) in [6, 6.07) is 8.83. The summed E-state index contributed by atoms with van der Waals surface area (Å²) in [5.74, 6) is 0.397. The Morgan fingerprint density at radius 3 is 2.87 bits per heavy atom. The summed E-state index contributed by atoms with van der Waals surface area (Å²) in [5.41, 5.74) is 0.296. The molecule has 0 unspecified atom stereocenters. The van der Waals surface area contributed by atoms with Crippen LogP contribution in [0.25, 0.3) is 0 Å². The fourth-order valence-electron chi connectivity index (χ4n) is 3.12. The second kappa shape index (κ2) is 9.82. The molecule has 2 aliphatic heterocycles. The van der Waals surface area contributed by atoms with Crippen molar-refractivity contribution in [3.05, 3.63) is 42.1 Å². The number of ether oxygens (including phenoxy) is 4. The van der Waals surface area contributed by atoms with Crippen molar-refractivity contribution in [3.63, 3.8) is 0 Å². The summed E-state index contributed by atoms with van der Waals surface area (Å²) >= 11 is 1.31. The average molecular weight is 430 g/mol. The van der Waals surface area contributed by atoms with E-state index in [2.05, 4.69) is 10.3 Å². The van der Waals surface area contributed by atoms with Crippen LogP contribution >= 0.6 is 11.8 Å². The van der Waals surface area contributed by atoms with Gasteiger partial charge in [-0.05, 0) is 43.2 Å². The molecule has 0 bridgehead atoms. The first-order valence-corrected chi connectivity index (χ1v) is 10.6. The molecule has 9 heteroatoms. The number of pyridine rings is 1. The topological polar surface area (TPSA) is 96.0 Å². The van der Waals surface area contributed by atoms with Crippen LogP contribution in [-0.4, -0.2) is 55.9 Å². The molecule has 2 aromatic rings. The zero-order chi connectivity index (χ0) is 20.8. The molecule has 158 valence electrons. The summed E-state index contributed by atoms with van der Waals surface area (Å²) in [4.78, 5) is 29.6. The second-order valence-electron chi connectivity index (χ2n) is 6.78. The van der Waals surface area contributed by atoms with E-state index < -0.39 is 5.97 Å². The number of fused-ring (bicyclic) bond motifs is 1. The zero-order valence-electron chi connectivity index (χ0n) is 16.3. The molecule has 1 aromatic carbocycles. The maximum atomic E-state index is 12.5. The van der Waals surface area contributed by atoms with Gasteiger partial charge in [-0.15, -0.1) is 0 Å². The van der Waals surface area contributed by atoms with E-state index in [1.54, 1.807) is 18.3 Å². The lowest BCUT2D eigenvalue weighted by atomic mass is 10.2. The quantitative estimate of drug-likeness (QED) is 0.670. The zero-order valence-corrected chi connectivity index (χ0v) is 17.1. The number of benzene rings is 1. The van der Waals surface area contributed by atoms with Crippen LogP contribution in [0.15, 0.2) is 46.5 Å². The Balaban J connectivity index is 1.35. The molecule has 30 heavy (non-hydrogen) atoms. The maximum Gasteiger partial charge on any atom is 0.341 e. The normalized spacial score (nSPS) is 17.4. The number of nitrogens with zero attached hydrogens (tertiary/aromatic N) is 1. The van der Waals surface area contributed by atoms with Crippen molar-refractivity contribution in [1.82, 2.24) is 10.3 Å². The van der Waals surface area contributed by atoms with Crippen molar-refractivity contribution >= 4 is 23.6 Å². The van der Waals surface area contributed by atoms with E-state index >= 15 is 0 Å². The standard InChI is InChI=1S/C21H22N2O6S/c24-19(23-12-14-3-2-8-26-14)13-29-21(25)16-4-1-7-22-20(16)30-15-5-6-17-18(11-15)28-10-9-27-17/h1,4-7,11,14H,2-3,8-10,12-13H2,(H,23,24)/t14-/m0/s1. The first kappa shape index (κ1) is 20.5. The van der Waals surface area contributed by atoms with Gasteiger partial charge in [0.15, 0.2) is 18.1 Å². The Labute approximate surface area is 178 Å². The maximum absolute atomic E-state index is 12.5. The van der Waals surface area contributed by atoms with Crippen molar-refractivity contribution in [3.8, 4) is 11.5 Å². The van der Waals surface area contributed by atoms with Gasteiger partial charge in [0.1, 0.15) is 18.2 Å². The van der Waals surface area contributed by atoms with Gasteiger partial charge in [0.05, 0.1) is 11.7 Å². The fourth-order valence-corrected chi connectivity index (χ4v) is 4.02. The third-order valence-corrected chi connectivity index (χ3v) is 5.61. The van der Waals surface area contributed by atoms with Gasteiger partial charge in [0.25, 0.3) is 5.91 Å². The number of rotatable bonds is 7. The molecule has 0 spiro atoms. The van der Waals surface area contributed by atoms with E-state index in [1.807, 2.05) is 18.2 Å². The number of hydrogen-bond donors (Lipinski definition) is 1. The minimum Gasteiger partial charge on any atom is -0.486 e. The highest BCUT2D eigenvalue weighted by Gasteiger charge is 2.19. The van der Waals surface area contributed by atoms with E-state index in [1.165, 1.54) is 11.8 Å². The van der Waals surface area contributed by atoms with Crippen LogP contribution in [0.5, 0.6) is 11.5 Å². The van der Waals surface area contributed by atoms with Gasteiger partial charge in [-0.25, -0.2) is 9.78 Å². The lowest BCUT2D eigenvalue weighted by Gasteiger charge is -2.18. The van der Waals surface area contributed by atoms with Crippen molar-refractivity contribution in [2.24, 2.45) is 0 Å². The number of hydrogen-bond acceptors (Lipinski definition) is 8. The Kier molecular flexibility index (Phi) is 6.70. The highest BCUT2D eigenvalue weighted by molar-refractivity contribution is 7.99. The number of carbonyl (C=O) groups is 2. The van der Waals surface area contributed by atoms with E-state index in [9.17, 15) is 9.59 Å². The molecule has 0 saturated carbocycles. The SMILES string of the molecule is O=C(COC(=O)c1cccnc1Sc1ccc2c(c1)OCCO2)NC[C@@H]1CCCO1. The third kappa shape index (κ3) is 5.22. The van der Waals surface area contributed by atoms with Gasteiger partial charge >= 0.3 is 5.97 Å². The van der Waals surface area contributed by atoms with Gasteiger partial charge < -0.3 is 24.3 Å². The molecule has 1 atom stereocenters. The number of aromatic nitrogens is 1. The smallest absolute Gasteiger partial charge is 0.341 e. The molecular weight excluding hydrogens is 408 g/mol. The molecule has 0 aliphatic carbocycles. The summed E-state index contributed by atoms with van der Waals surface area (Å²) in [6.07, 6.45) is 3.57. The molecule has 0 radical (unpaired) electrons. The van der Waals surface area contributed by atoms with Gasteiger partial charge in [-0.3, -0.25) is 4.79 Å². The Hall–Kier alpha value is -2.78. The number of nitrogens with one attached hydrogen (secondary N) is 1. The first-order chi connectivity index (χ1) is 14.7. The van der Waals surface area contributed by atoms with Crippen molar-refractivity contribution in [1.29, 1.82) is 0 Å². The largest absolute Gasteiger partial charge is 0.486 e. The van der Waals surface area contributed by atoms with Crippen LogP contribution in [0, 0.1) is 0 Å². The van der Waals surface area contributed by atoms with E-state index in [0.717, 1.165) is 24.3 Å². The molecule has 1 amide bonds. The average Bonchev–Trinajstić information content (AvgIpc) is 3.30. The number of amides is 1. The van der Waals surface area contributed by atoms with E-state index in [0.29, 0.717) is 41.8 Å². The van der Waals surface area contributed by atoms with Crippen LogP contribution in [0.4, 0.5) is 0 Å². The minimum absolute atomic E-state index is 0.0389. The highest BCUT2D eigenvalue weighted by atomic mass is 32.2. The summed E-state index contributed by atoms with van der Waals surface area (Å²) in [5, 5.41) is 3.21. The Bertz CT molecular complexity index is 916. The Morgan fingerprint density at radius 2 is 2.03 bits per heavy atom. The van der Waals surface area contributed by atoms with Crippen LogP contribution < -0.4 is 14.8 Å². The van der Waals surface area contributed by atoms with Gasteiger partial charge in [0, 0.05) is 24.2 Å². The predicted octanol–water partition coefficient (Wildman–Crippen LogP) is 2.46. The molecule has 1 N–H and O–H groups in total.